The predicted molar refractivity (Wildman–Crippen MR) is 190 cm³/mol. The number of carbonyl (C=O) groups excluding carboxylic acids is 3. The second-order valence-corrected chi connectivity index (χ2v) is 13.0. The van der Waals surface area contributed by atoms with Crippen molar-refractivity contribution in [1.82, 2.24) is 15.7 Å². The third kappa shape index (κ3) is 45.3. The molecule has 302 valence electrons. The number of carboxylic acid groups (broad SMARTS) is 1. The van der Waals surface area contributed by atoms with E-state index in [0.717, 1.165) is 12.8 Å². The standard InChI is InChI=1S/C19H36N2O8.C15H32N2O5/c1-19(2,3)29-18(25)21-9-5-11-27-13-15-28-14-12-26-10-4-8-20-16(22)6-7-17(23)24;1-15(2,3)22-17(14-18)7-5-9-20-11-13-21-12-10-19-8-4-6-16/h4-15H2,1-3H3,(H,20,22)(H,21,25)(H,23,24);14H,4-13,16H2,1-3H3. The second-order valence-electron chi connectivity index (χ2n) is 13.0. The lowest BCUT2D eigenvalue weighted by Crippen LogP contribution is -2.34. The molecular weight excluding hydrogens is 672 g/mol. The molecule has 0 rings (SSSR count). The lowest BCUT2D eigenvalue weighted by Gasteiger charge is -2.26. The summed E-state index contributed by atoms with van der Waals surface area (Å²) in [4.78, 5) is 49.3. The number of nitrogens with two attached hydrogens (primary N) is 1. The highest BCUT2D eigenvalue weighted by Crippen LogP contribution is 2.09. The van der Waals surface area contributed by atoms with Crippen LogP contribution in [0.4, 0.5) is 4.79 Å². The molecule has 0 heterocycles. The fourth-order valence-electron chi connectivity index (χ4n) is 3.45. The van der Waals surface area contributed by atoms with Crippen LogP contribution in [0.15, 0.2) is 0 Å². The van der Waals surface area contributed by atoms with Gasteiger partial charge < -0.3 is 54.6 Å². The molecule has 0 radical (unpaired) electrons. The lowest BCUT2D eigenvalue weighted by atomic mass is 10.2. The zero-order valence-corrected chi connectivity index (χ0v) is 32.0. The molecule has 0 aliphatic rings. The Kier molecular flexibility index (Phi) is 34.1. The topological polar surface area (TPSA) is 216 Å². The Morgan fingerprint density at radius 1 is 0.627 bits per heavy atom. The molecule has 0 bridgehead atoms. The average molecular weight is 741 g/mol. The zero-order valence-electron chi connectivity index (χ0n) is 32.0. The summed E-state index contributed by atoms with van der Waals surface area (Å²) in [6, 6.07) is 0. The van der Waals surface area contributed by atoms with E-state index >= 15 is 0 Å². The number of hydrogen-bond donors (Lipinski definition) is 4. The minimum absolute atomic E-state index is 0.00758. The maximum Gasteiger partial charge on any atom is 0.407 e. The fourth-order valence-corrected chi connectivity index (χ4v) is 3.45. The van der Waals surface area contributed by atoms with E-state index in [9.17, 15) is 19.2 Å². The Balaban J connectivity index is 0. The second kappa shape index (κ2) is 34.4. The maximum atomic E-state index is 11.4. The first-order valence-electron chi connectivity index (χ1n) is 17.7. The van der Waals surface area contributed by atoms with E-state index in [1.165, 1.54) is 5.06 Å². The van der Waals surface area contributed by atoms with E-state index in [-0.39, 0.29) is 24.3 Å². The molecule has 5 N–H and O–H groups in total. The number of carbonyl (C=O) groups is 4. The van der Waals surface area contributed by atoms with Crippen molar-refractivity contribution in [2.24, 2.45) is 5.73 Å². The van der Waals surface area contributed by atoms with E-state index in [4.69, 9.17) is 48.8 Å². The van der Waals surface area contributed by atoms with Crippen LogP contribution in [-0.2, 0) is 52.4 Å². The molecule has 0 saturated heterocycles. The highest BCUT2D eigenvalue weighted by molar-refractivity contribution is 5.80. The van der Waals surface area contributed by atoms with Gasteiger partial charge in [-0.2, -0.15) is 0 Å². The number of nitrogens with zero attached hydrogens (tertiary/aromatic N) is 1. The molecule has 0 aliphatic heterocycles. The zero-order chi connectivity index (χ0) is 38.6. The van der Waals surface area contributed by atoms with Crippen molar-refractivity contribution >= 4 is 24.4 Å². The molecular formula is C34H68N4O13. The summed E-state index contributed by atoms with van der Waals surface area (Å²) in [5.41, 5.74) is 4.48. The molecule has 0 aliphatic carbocycles. The van der Waals surface area contributed by atoms with Gasteiger partial charge in [0.2, 0.25) is 12.3 Å². The van der Waals surface area contributed by atoms with Gasteiger partial charge in [-0.1, -0.05) is 0 Å². The highest BCUT2D eigenvalue weighted by atomic mass is 16.7. The number of amides is 3. The molecule has 17 nitrogen and oxygen atoms in total. The van der Waals surface area contributed by atoms with Crippen molar-refractivity contribution in [3.8, 4) is 0 Å². The first kappa shape index (κ1) is 50.5. The number of carboxylic acids is 1. The molecule has 3 amide bonds. The molecule has 0 aromatic carbocycles. The number of hydrogen-bond acceptors (Lipinski definition) is 13. The van der Waals surface area contributed by atoms with Crippen molar-refractivity contribution < 1.29 is 62.3 Å². The molecule has 0 aromatic rings. The molecule has 0 unspecified atom stereocenters. The molecule has 0 aromatic heterocycles. The largest absolute Gasteiger partial charge is 0.481 e. The van der Waals surface area contributed by atoms with Crippen LogP contribution in [-0.4, -0.2) is 151 Å². The lowest BCUT2D eigenvalue weighted by molar-refractivity contribution is -0.216. The Labute approximate surface area is 304 Å². The van der Waals surface area contributed by atoms with Crippen molar-refractivity contribution in [1.29, 1.82) is 0 Å². The summed E-state index contributed by atoms with van der Waals surface area (Å²) in [5, 5.41) is 15.1. The van der Waals surface area contributed by atoms with E-state index in [1.54, 1.807) is 0 Å². The van der Waals surface area contributed by atoms with Crippen LogP contribution in [0.25, 0.3) is 0 Å². The van der Waals surface area contributed by atoms with Gasteiger partial charge in [0.15, 0.2) is 0 Å². The first-order chi connectivity index (χ1) is 24.2. The molecule has 0 spiro atoms. The van der Waals surface area contributed by atoms with E-state index in [1.807, 2.05) is 41.5 Å². The van der Waals surface area contributed by atoms with Gasteiger partial charge in [0, 0.05) is 45.9 Å². The fraction of sp³-hybridized carbons (Fsp3) is 0.882. The maximum absolute atomic E-state index is 11.4. The van der Waals surface area contributed by atoms with Crippen LogP contribution >= 0.6 is 0 Å². The van der Waals surface area contributed by atoms with Crippen LogP contribution in [0.1, 0.15) is 80.1 Å². The normalized spacial score (nSPS) is 11.4. The van der Waals surface area contributed by atoms with Gasteiger partial charge in [0.25, 0.3) is 0 Å². The van der Waals surface area contributed by atoms with Crippen LogP contribution in [0.2, 0.25) is 0 Å². The van der Waals surface area contributed by atoms with Crippen molar-refractivity contribution in [2.45, 2.75) is 91.3 Å². The Morgan fingerprint density at radius 2 is 1.06 bits per heavy atom. The monoisotopic (exact) mass is 740 g/mol. The van der Waals surface area contributed by atoms with Crippen molar-refractivity contribution in [3.63, 3.8) is 0 Å². The van der Waals surface area contributed by atoms with Gasteiger partial charge in [0.1, 0.15) is 5.60 Å². The number of alkyl carbamates (subject to hydrolysis) is 1. The van der Waals surface area contributed by atoms with Crippen molar-refractivity contribution in [3.05, 3.63) is 0 Å². The number of rotatable bonds is 32. The number of hydroxylamine groups is 2. The minimum atomic E-state index is -0.982. The number of aliphatic carboxylic acids is 1. The van der Waals surface area contributed by atoms with Gasteiger partial charge >= 0.3 is 12.1 Å². The SMILES string of the molecule is CC(C)(C)OC(=O)NCCCOCCOCCOCCCNC(=O)CCC(=O)O.CC(C)(C)ON(C=O)CCCOCCOCCOCCCN. The van der Waals surface area contributed by atoms with Gasteiger partial charge in [-0.25, -0.2) is 9.86 Å². The summed E-state index contributed by atoms with van der Waals surface area (Å²) in [6.45, 7) is 19.5. The van der Waals surface area contributed by atoms with Crippen LogP contribution < -0.4 is 16.4 Å². The average Bonchev–Trinajstić information content (AvgIpc) is 3.04. The van der Waals surface area contributed by atoms with Gasteiger partial charge in [-0.05, 0) is 73.8 Å². The van der Waals surface area contributed by atoms with E-state index < -0.39 is 17.7 Å². The third-order valence-electron chi connectivity index (χ3n) is 5.64. The molecule has 17 heteroatoms. The summed E-state index contributed by atoms with van der Waals surface area (Å²) in [5.74, 6) is -1.25. The van der Waals surface area contributed by atoms with Gasteiger partial charge in [-0.15, -0.1) is 0 Å². The highest BCUT2D eigenvalue weighted by Gasteiger charge is 2.16. The predicted octanol–water partition coefficient (Wildman–Crippen LogP) is 2.29. The number of nitrogens with one attached hydrogen (secondary N) is 2. The summed E-state index contributed by atoms with van der Waals surface area (Å²) in [7, 11) is 0. The van der Waals surface area contributed by atoms with E-state index in [0.29, 0.717) is 125 Å². The molecule has 0 saturated carbocycles. The van der Waals surface area contributed by atoms with Gasteiger partial charge in [0.05, 0.1) is 71.4 Å². The minimum Gasteiger partial charge on any atom is -0.481 e. The molecule has 51 heavy (non-hydrogen) atoms. The van der Waals surface area contributed by atoms with E-state index in [2.05, 4.69) is 10.6 Å². The third-order valence-corrected chi connectivity index (χ3v) is 5.64. The smallest absolute Gasteiger partial charge is 0.407 e. The van der Waals surface area contributed by atoms with Crippen LogP contribution in [0.5, 0.6) is 0 Å². The number of ether oxygens (including phenoxy) is 7. The summed E-state index contributed by atoms with van der Waals surface area (Å²) in [6.07, 6.45) is 3.03. The molecule has 0 atom stereocenters. The Hall–Kier alpha value is -2.64. The summed E-state index contributed by atoms with van der Waals surface area (Å²) < 4.78 is 37.3. The quantitative estimate of drug-likeness (QED) is 0.0443. The first-order valence-corrected chi connectivity index (χ1v) is 17.7. The van der Waals surface area contributed by atoms with Crippen molar-refractivity contribution in [2.75, 3.05) is 105 Å². The Morgan fingerprint density at radius 3 is 1.47 bits per heavy atom. The van der Waals surface area contributed by atoms with Gasteiger partial charge in [-0.3, -0.25) is 19.2 Å². The molecule has 0 fully saturated rings. The van der Waals surface area contributed by atoms with Crippen LogP contribution in [0, 0.1) is 0 Å². The van der Waals surface area contributed by atoms with Crippen LogP contribution in [0.3, 0.4) is 0 Å². The Bertz CT molecular complexity index is 855. The summed E-state index contributed by atoms with van der Waals surface area (Å²) >= 11 is 0.